The number of hydrogen-bond donors (Lipinski definition) is 0. The highest BCUT2D eigenvalue weighted by Crippen LogP contribution is 2.07. The van der Waals surface area contributed by atoms with Crippen LogP contribution in [0.2, 0.25) is 0 Å². The molecule has 0 aliphatic rings. The maximum absolute atomic E-state index is 12.7. The summed E-state index contributed by atoms with van der Waals surface area (Å²) in [4.78, 5) is 16.2. The molecule has 0 radical (unpaired) electrons. The van der Waals surface area contributed by atoms with E-state index in [0.717, 1.165) is 23.2 Å². The third-order valence-corrected chi connectivity index (χ3v) is 2.99. The van der Waals surface area contributed by atoms with Gasteiger partial charge in [-0.25, -0.2) is 4.39 Å². The van der Waals surface area contributed by atoms with Crippen molar-refractivity contribution in [3.05, 3.63) is 65.2 Å². The smallest absolute Gasteiger partial charge is 0.143 e. The van der Waals surface area contributed by atoms with Crippen LogP contribution in [0.5, 0.6) is 0 Å². The van der Waals surface area contributed by atoms with E-state index in [1.807, 2.05) is 12.1 Å². The Labute approximate surface area is 112 Å². The van der Waals surface area contributed by atoms with Gasteiger partial charge in [-0.3, -0.25) is 9.78 Å². The van der Waals surface area contributed by atoms with Crippen molar-refractivity contribution in [2.45, 2.75) is 26.2 Å². The molecule has 0 spiro atoms. The first-order valence-electron chi connectivity index (χ1n) is 6.37. The van der Waals surface area contributed by atoms with Gasteiger partial charge in [0.05, 0.1) is 0 Å². The fourth-order valence-corrected chi connectivity index (χ4v) is 1.86. The Kier molecular flexibility index (Phi) is 4.39. The fraction of sp³-hybridized carbons (Fsp3) is 0.250. The van der Waals surface area contributed by atoms with E-state index in [1.165, 1.54) is 12.1 Å². The standard InChI is InChI=1S/C16H16FNO/c1-2-12-5-8-15(18-11-12)10-16(19)9-13-3-6-14(17)7-4-13/h3-8,11H,2,9-10H2,1H3. The normalized spacial score (nSPS) is 10.4. The summed E-state index contributed by atoms with van der Waals surface area (Å²) in [7, 11) is 0. The highest BCUT2D eigenvalue weighted by Gasteiger charge is 2.06. The molecule has 0 atom stereocenters. The lowest BCUT2D eigenvalue weighted by atomic mass is 10.1. The first kappa shape index (κ1) is 13.4. The minimum atomic E-state index is -0.284. The van der Waals surface area contributed by atoms with Gasteiger partial charge in [0, 0.05) is 24.7 Å². The maximum Gasteiger partial charge on any atom is 0.143 e. The van der Waals surface area contributed by atoms with Crippen LogP contribution in [0.1, 0.15) is 23.7 Å². The first-order chi connectivity index (χ1) is 9.17. The van der Waals surface area contributed by atoms with Crippen LogP contribution in [0, 0.1) is 5.82 Å². The van der Waals surface area contributed by atoms with Crippen molar-refractivity contribution in [3.63, 3.8) is 0 Å². The molecule has 0 N–H and O–H groups in total. The Morgan fingerprint density at radius 1 is 1.05 bits per heavy atom. The number of Topliss-reactive ketones (excluding diaryl/α,β-unsaturated/α-hetero) is 1. The van der Waals surface area contributed by atoms with Crippen LogP contribution >= 0.6 is 0 Å². The number of rotatable bonds is 5. The molecule has 2 aromatic rings. The van der Waals surface area contributed by atoms with Crippen LogP contribution in [0.4, 0.5) is 4.39 Å². The van der Waals surface area contributed by atoms with Crippen molar-refractivity contribution < 1.29 is 9.18 Å². The second-order valence-electron chi connectivity index (χ2n) is 4.53. The van der Waals surface area contributed by atoms with Gasteiger partial charge in [-0.2, -0.15) is 0 Å². The van der Waals surface area contributed by atoms with Gasteiger partial charge in [0.1, 0.15) is 11.6 Å². The number of nitrogens with zero attached hydrogens (tertiary/aromatic N) is 1. The summed E-state index contributed by atoms with van der Waals surface area (Å²) < 4.78 is 12.7. The zero-order valence-corrected chi connectivity index (χ0v) is 10.9. The monoisotopic (exact) mass is 257 g/mol. The highest BCUT2D eigenvalue weighted by molar-refractivity contribution is 5.82. The SMILES string of the molecule is CCc1ccc(CC(=O)Cc2ccc(F)cc2)nc1. The molecule has 1 aromatic heterocycles. The summed E-state index contributed by atoms with van der Waals surface area (Å²) in [5.74, 6) is -0.198. The summed E-state index contributed by atoms with van der Waals surface area (Å²) in [5, 5.41) is 0. The van der Waals surface area contributed by atoms with E-state index < -0.39 is 0 Å². The lowest BCUT2D eigenvalue weighted by molar-refractivity contribution is -0.117. The molecule has 0 bridgehead atoms. The van der Waals surface area contributed by atoms with Crippen molar-refractivity contribution in [2.24, 2.45) is 0 Å². The average Bonchev–Trinajstić information content (AvgIpc) is 2.42. The van der Waals surface area contributed by atoms with Crippen molar-refractivity contribution in [2.75, 3.05) is 0 Å². The molecule has 0 aliphatic carbocycles. The van der Waals surface area contributed by atoms with Crippen LogP contribution in [-0.2, 0) is 24.1 Å². The zero-order chi connectivity index (χ0) is 13.7. The second-order valence-corrected chi connectivity index (χ2v) is 4.53. The number of halogens is 1. The topological polar surface area (TPSA) is 30.0 Å². The first-order valence-corrected chi connectivity index (χ1v) is 6.37. The minimum Gasteiger partial charge on any atom is -0.299 e. The molecular formula is C16H16FNO. The quantitative estimate of drug-likeness (QED) is 0.823. The van der Waals surface area contributed by atoms with E-state index in [4.69, 9.17) is 0 Å². The molecule has 98 valence electrons. The lowest BCUT2D eigenvalue weighted by Gasteiger charge is -2.02. The van der Waals surface area contributed by atoms with Gasteiger partial charge >= 0.3 is 0 Å². The summed E-state index contributed by atoms with van der Waals surface area (Å²) in [6.07, 6.45) is 3.39. The number of ketones is 1. The maximum atomic E-state index is 12.7. The zero-order valence-electron chi connectivity index (χ0n) is 10.9. The van der Waals surface area contributed by atoms with Gasteiger partial charge < -0.3 is 0 Å². The minimum absolute atomic E-state index is 0.0864. The van der Waals surface area contributed by atoms with Crippen LogP contribution < -0.4 is 0 Å². The molecule has 3 heteroatoms. The number of pyridine rings is 1. The van der Waals surface area contributed by atoms with Crippen molar-refractivity contribution in [1.82, 2.24) is 4.98 Å². The molecule has 0 saturated heterocycles. The van der Waals surface area contributed by atoms with Crippen molar-refractivity contribution >= 4 is 5.78 Å². The van der Waals surface area contributed by atoms with E-state index in [2.05, 4.69) is 11.9 Å². The van der Waals surface area contributed by atoms with E-state index in [0.29, 0.717) is 12.8 Å². The van der Waals surface area contributed by atoms with E-state index in [1.54, 1.807) is 18.3 Å². The van der Waals surface area contributed by atoms with Gasteiger partial charge in [0.2, 0.25) is 0 Å². The average molecular weight is 257 g/mol. The molecule has 1 heterocycles. The highest BCUT2D eigenvalue weighted by atomic mass is 19.1. The van der Waals surface area contributed by atoms with Crippen molar-refractivity contribution in [1.29, 1.82) is 0 Å². The van der Waals surface area contributed by atoms with Gasteiger partial charge in [-0.15, -0.1) is 0 Å². The molecule has 0 amide bonds. The number of aryl methyl sites for hydroxylation is 1. The van der Waals surface area contributed by atoms with Crippen LogP contribution in [-0.4, -0.2) is 10.8 Å². The Balaban J connectivity index is 1.95. The van der Waals surface area contributed by atoms with Gasteiger partial charge in [-0.1, -0.05) is 25.1 Å². The third-order valence-electron chi connectivity index (χ3n) is 2.99. The lowest BCUT2D eigenvalue weighted by Crippen LogP contribution is -2.08. The number of carbonyl (C=O) groups excluding carboxylic acids is 1. The number of hydrogen-bond acceptors (Lipinski definition) is 2. The largest absolute Gasteiger partial charge is 0.299 e. The van der Waals surface area contributed by atoms with Crippen LogP contribution in [0.25, 0.3) is 0 Å². The number of aromatic nitrogens is 1. The molecule has 0 saturated carbocycles. The van der Waals surface area contributed by atoms with Gasteiger partial charge in [-0.05, 0) is 35.7 Å². The number of benzene rings is 1. The summed E-state index contributed by atoms with van der Waals surface area (Å²) >= 11 is 0. The molecule has 0 fully saturated rings. The van der Waals surface area contributed by atoms with Crippen LogP contribution in [0.15, 0.2) is 42.6 Å². The predicted molar refractivity (Wildman–Crippen MR) is 72.4 cm³/mol. The molecule has 0 unspecified atom stereocenters. The summed E-state index contributed by atoms with van der Waals surface area (Å²) in [6, 6.07) is 9.91. The van der Waals surface area contributed by atoms with Crippen LogP contribution in [0.3, 0.4) is 0 Å². The summed E-state index contributed by atoms with van der Waals surface area (Å²) in [6.45, 7) is 2.07. The molecule has 19 heavy (non-hydrogen) atoms. The second kappa shape index (κ2) is 6.23. The Morgan fingerprint density at radius 3 is 2.32 bits per heavy atom. The van der Waals surface area contributed by atoms with E-state index >= 15 is 0 Å². The molecular weight excluding hydrogens is 241 g/mol. The van der Waals surface area contributed by atoms with E-state index in [9.17, 15) is 9.18 Å². The third kappa shape index (κ3) is 3.98. The fourth-order valence-electron chi connectivity index (χ4n) is 1.86. The molecule has 1 aromatic carbocycles. The molecule has 2 rings (SSSR count). The Bertz CT molecular complexity index is 546. The Morgan fingerprint density at radius 2 is 1.74 bits per heavy atom. The molecule has 2 nitrogen and oxygen atoms in total. The van der Waals surface area contributed by atoms with Crippen molar-refractivity contribution in [3.8, 4) is 0 Å². The number of carbonyl (C=O) groups is 1. The predicted octanol–water partition coefficient (Wildman–Crippen LogP) is 3.14. The van der Waals surface area contributed by atoms with E-state index in [-0.39, 0.29) is 11.6 Å². The van der Waals surface area contributed by atoms with Gasteiger partial charge in [0.25, 0.3) is 0 Å². The molecule has 0 aliphatic heterocycles. The van der Waals surface area contributed by atoms with Gasteiger partial charge in [0.15, 0.2) is 0 Å². The Hall–Kier alpha value is -2.03. The summed E-state index contributed by atoms with van der Waals surface area (Å²) in [5.41, 5.74) is 2.77.